The fourth-order valence-corrected chi connectivity index (χ4v) is 3.54. The Morgan fingerprint density at radius 1 is 1.12 bits per heavy atom. The minimum absolute atomic E-state index is 0.0775. The molecule has 0 saturated carbocycles. The molecule has 3 aromatic rings. The highest BCUT2D eigenvalue weighted by atomic mass is 79.9. The molecule has 0 radical (unpaired) electrons. The number of halogens is 2. The first-order valence-electron chi connectivity index (χ1n) is 7.29. The van der Waals surface area contributed by atoms with Crippen LogP contribution in [-0.4, -0.2) is 48.7 Å². The van der Waals surface area contributed by atoms with Crippen LogP contribution in [0.2, 0.25) is 5.28 Å². The maximum Gasteiger partial charge on any atom is 0.232 e. The van der Waals surface area contributed by atoms with E-state index in [0.29, 0.717) is 32.7 Å². The lowest BCUT2D eigenvalue weighted by molar-refractivity contribution is 0.600. The number of anilines is 3. The van der Waals surface area contributed by atoms with Crippen LogP contribution in [0.4, 0.5) is 17.2 Å². The summed E-state index contributed by atoms with van der Waals surface area (Å²) in [6.45, 7) is 0. The van der Waals surface area contributed by atoms with Crippen LogP contribution in [0.15, 0.2) is 35.2 Å². The number of rotatable bonds is 4. The first kappa shape index (κ1) is 18.7. The van der Waals surface area contributed by atoms with Gasteiger partial charge in [-0.25, -0.2) is 13.4 Å². The number of hydrogen-bond acceptors (Lipinski definition) is 7. The van der Waals surface area contributed by atoms with Crippen molar-refractivity contribution < 1.29 is 8.42 Å². The van der Waals surface area contributed by atoms with Gasteiger partial charge in [0.15, 0.2) is 5.82 Å². The lowest BCUT2D eigenvalue weighted by atomic mass is 10.2. The Hall–Kier alpha value is -2.04. The van der Waals surface area contributed by atoms with Crippen molar-refractivity contribution in [1.82, 2.24) is 19.9 Å². The van der Waals surface area contributed by atoms with Crippen molar-refractivity contribution in [3.63, 3.8) is 0 Å². The number of benzene rings is 1. The van der Waals surface area contributed by atoms with Crippen molar-refractivity contribution in [2.24, 2.45) is 0 Å². The van der Waals surface area contributed by atoms with Crippen LogP contribution in [0.3, 0.4) is 0 Å². The van der Waals surface area contributed by atoms with E-state index in [2.05, 4.69) is 35.9 Å². The number of hydrogen-bond donors (Lipinski definition) is 0. The Morgan fingerprint density at radius 3 is 2.50 bits per heavy atom. The molecule has 1 aromatic carbocycles. The third-order valence-electron chi connectivity index (χ3n) is 3.78. The summed E-state index contributed by atoms with van der Waals surface area (Å²) in [6, 6.07) is 3.53. The predicted molar refractivity (Wildman–Crippen MR) is 106 cm³/mol. The standard InChI is InChI=1S/C15H14BrClN6O2S/c1-22(14-9(16)8-20-15(17)21-14)11-5-4-10-12(19-7-6-18-10)13(11)23(2)26(3,24)25/h4-8H,1-3H3. The third-order valence-corrected chi connectivity index (χ3v) is 5.70. The summed E-state index contributed by atoms with van der Waals surface area (Å²) >= 11 is 9.31. The molecule has 0 aliphatic carbocycles. The molecule has 0 spiro atoms. The molecule has 0 saturated heterocycles. The zero-order valence-electron chi connectivity index (χ0n) is 14.1. The molecular formula is C15H14BrClN6O2S. The molecule has 0 fully saturated rings. The average molecular weight is 458 g/mol. The maximum absolute atomic E-state index is 12.2. The third kappa shape index (κ3) is 3.44. The second-order valence-electron chi connectivity index (χ2n) is 5.46. The van der Waals surface area contributed by atoms with Crippen molar-refractivity contribution in [3.05, 3.63) is 40.5 Å². The van der Waals surface area contributed by atoms with E-state index >= 15 is 0 Å². The van der Waals surface area contributed by atoms with Gasteiger partial charge >= 0.3 is 0 Å². The molecule has 11 heteroatoms. The van der Waals surface area contributed by atoms with Crippen molar-refractivity contribution >= 4 is 65.8 Å². The fourth-order valence-electron chi connectivity index (χ4n) is 2.44. The summed E-state index contributed by atoms with van der Waals surface area (Å²) in [6.07, 6.45) is 5.73. The zero-order valence-corrected chi connectivity index (χ0v) is 17.2. The van der Waals surface area contributed by atoms with Crippen LogP contribution >= 0.6 is 27.5 Å². The van der Waals surface area contributed by atoms with Gasteiger partial charge in [0.25, 0.3) is 0 Å². The molecule has 0 atom stereocenters. The summed E-state index contributed by atoms with van der Waals surface area (Å²) < 4.78 is 26.2. The molecule has 0 aliphatic heterocycles. The van der Waals surface area contributed by atoms with Gasteiger partial charge in [-0.15, -0.1) is 0 Å². The summed E-state index contributed by atoms with van der Waals surface area (Å²) in [4.78, 5) is 18.4. The second kappa shape index (κ2) is 6.93. The number of fused-ring (bicyclic) bond motifs is 1. The van der Waals surface area contributed by atoms with Gasteiger partial charge in [-0.05, 0) is 39.7 Å². The highest BCUT2D eigenvalue weighted by Gasteiger charge is 2.24. The van der Waals surface area contributed by atoms with E-state index in [1.807, 2.05) is 0 Å². The van der Waals surface area contributed by atoms with E-state index < -0.39 is 10.0 Å². The Morgan fingerprint density at radius 2 is 1.81 bits per heavy atom. The van der Waals surface area contributed by atoms with Gasteiger partial charge in [0.2, 0.25) is 15.3 Å². The molecule has 8 nitrogen and oxygen atoms in total. The average Bonchev–Trinajstić information content (AvgIpc) is 2.60. The van der Waals surface area contributed by atoms with Crippen molar-refractivity contribution in [2.45, 2.75) is 0 Å². The lowest BCUT2D eigenvalue weighted by Gasteiger charge is -2.27. The predicted octanol–water partition coefficient (Wildman–Crippen LogP) is 3.00. The van der Waals surface area contributed by atoms with E-state index in [0.717, 1.165) is 6.26 Å². The molecule has 0 bridgehead atoms. The molecule has 136 valence electrons. The first-order chi connectivity index (χ1) is 12.2. The quantitative estimate of drug-likeness (QED) is 0.556. The van der Waals surface area contributed by atoms with Crippen LogP contribution in [0.1, 0.15) is 0 Å². The Balaban J connectivity index is 2.30. The first-order valence-corrected chi connectivity index (χ1v) is 10.3. The van der Waals surface area contributed by atoms with Gasteiger partial charge in [-0.3, -0.25) is 14.3 Å². The van der Waals surface area contributed by atoms with E-state index in [9.17, 15) is 8.42 Å². The summed E-state index contributed by atoms with van der Waals surface area (Å²) in [5.41, 5.74) is 2.00. The van der Waals surface area contributed by atoms with Gasteiger partial charge in [-0.1, -0.05) is 0 Å². The van der Waals surface area contributed by atoms with Crippen LogP contribution in [-0.2, 0) is 10.0 Å². The molecular weight excluding hydrogens is 444 g/mol. The fraction of sp³-hybridized carbons (Fsp3) is 0.200. The number of sulfonamides is 1. The van der Waals surface area contributed by atoms with Gasteiger partial charge in [0.1, 0.15) is 11.2 Å². The van der Waals surface area contributed by atoms with Crippen molar-refractivity contribution in [3.8, 4) is 0 Å². The van der Waals surface area contributed by atoms with Gasteiger partial charge in [-0.2, -0.15) is 4.98 Å². The molecule has 0 N–H and O–H groups in total. The monoisotopic (exact) mass is 456 g/mol. The molecule has 2 heterocycles. The normalized spacial score (nSPS) is 11.6. The topological polar surface area (TPSA) is 92.2 Å². The summed E-state index contributed by atoms with van der Waals surface area (Å²) in [5, 5.41) is 0.0775. The lowest BCUT2D eigenvalue weighted by Crippen LogP contribution is -2.27. The summed E-state index contributed by atoms with van der Waals surface area (Å²) in [7, 11) is -0.315. The van der Waals surface area contributed by atoms with Gasteiger partial charge in [0.05, 0.1) is 21.9 Å². The summed E-state index contributed by atoms with van der Waals surface area (Å²) in [5.74, 6) is 0.483. The molecule has 2 aromatic heterocycles. The molecule has 3 rings (SSSR count). The Kier molecular flexibility index (Phi) is 5.00. The SMILES string of the molecule is CN(c1ccc2nccnc2c1N(C)S(C)(=O)=O)c1nc(Cl)ncc1Br. The highest BCUT2D eigenvalue weighted by molar-refractivity contribution is 9.10. The molecule has 26 heavy (non-hydrogen) atoms. The number of aromatic nitrogens is 4. The maximum atomic E-state index is 12.2. The van der Waals surface area contributed by atoms with Crippen LogP contribution in [0.5, 0.6) is 0 Å². The molecule has 0 unspecified atom stereocenters. The van der Waals surface area contributed by atoms with Crippen molar-refractivity contribution in [1.29, 1.82) is 0 Å². The minimum Gasteiger partial charge on any atom is -0.327 e. The smallest absolute Gasteiger partial charge is 0.232 e. The zero-order chi connectivity index (χ0) is 19.1. The molecule has 0 amide bonds. The van der Waals surface area contributed by atoms with E-state index in [4.69, 9.17) is 11.6 Å². The van der Waals surface area contributed by atoms with E-state index in [1.165, 1.54) is 23.7 Å². The molecule has 0 aliphatic rings. The Bertz CT molecular complexity index is 1090. The van der Waals surface area contributed by atoms with Crippen LogP contribution in [0.25, 0.3) is 11.0 Å². The van der Waals surface area contributed by atoms with Crippen molar-refractivity contribution in [2.75, 3.05) is 29.6 Å². The van der Waals surface area contributed by atoms with E-state index in [-0.39, 0.29) is 5.28 Å². The second-order valence-corrected chi connectivity index (χ2v) is 8.66. The number of nitrogens with zero attached hydrogens (tertiary/aromatic N) is 6. The minimum atomic E-state index is -3.54. The van der Waals surface area contributed by atoms with Crippen LogP contribution in [0, 0.1) is 0 Å². The Labute approximate surface area is 164 Å². The highest BCUT2D eigenvalue weighted by Crippen LogP contribution is 2.39. The van der Waals surface area contributed by atoms with Gasteiger partial charge < -0.3 is 4.90 Å². The largest absolute Gasteiger partial charge is 0.327 e. The van der Waals surface area contributed by atoms with Gasteiger partial charge in [0, 0.05) is 32.7 Å². The van der Waals surface area contributed by atoms with Crippen LogP contribution < -0.4 is 9.21 Å². The van der Waals surface area contributed by atoms with E-state index in [1.54, 1.807) is 30.3 Å².